The molecule has 208 valence electrons. The molecule has 3 aromatic carbocycles. The molecule has 39 heavy (non-hydrogen) atoms. The van der Waals surface area contributed by atoms with Crippen molar-refractivity contribution in [3.05, 3.63) is 89.0 Å². The maximum Gasteiger partial charge on any atom is 0.328 e. The Hall–Kier alpha value is -3.45. The summed E-state index contributed by atoms with van der Waals surface area (Å²) in [6.07, 6.45) is 6.67. The number of methoxy groups -OCH3 is 3. The second-order valence-electron chi connectivity index (χ2n) is 9.76. The molecule has 1 heterocycles. The summed E-state index contributed by atoms with van der Waals surface area (Å²) in [5, 5.41) is 10.2. The van der Waals surface area contributed by atoms with E-state index in [0.29, 0.717) is 13.0 Å². The van der Waals surface area contributed by atoms with Crippen LogP contribution in [0, 0.1) is 6.92 Å². The van der Waals surface area contributed by atoms with Crippen molar-refractivity contribution >= 4 is 18.1 Å². The second-order valence-corrected chi connectivity index (χ2v) is 9.76. The number of aliphatic hydroxyl groups excluding tert-OH is 1. The summed E-state index contributed by atoms with van der Waals surface area (Å²) >= 11 is 0. The number of ether oxygens (including phenoxy) is 3. The van der Waals surface area contributed by atoms with Gasteiger partial charge in [0.2, 0.25) is 0 Å². The molecule has 6 nitrogen and oxygen atoms in total. The first-order valence-electron chi connectivity index (χ1n) is 13.3. The minimum atomic E-state index is -1.00. The van der Waals surface area contributed by atoms with Crippen molar-refractivity contribution in [1.29, 1.82) is 0 Å². The van der Waals surface area contributed by atoms with E-state index in [9.17, 15) is 9.90 Å². The van der Waals surface area contributed by atoms with Crippen molar-refractivity contribution in [2.24, 2.45) is 0 Å². The molecule has 0 saturated carbocycles. The van der Waals surface area contributed by atoms with Gasteiger partial charge in [0.25, 0.3) is 0 Å². The van der Waals surface area contributed by atoms with E-state index >= 15 is 0 Å². The summed E-state index contributed by atoms with van der Waals surface area (Å²) in [5.41, 5.74) is 5.83. The van der Waals surface area contributed by atoms with E-state index in [1.54, 1.807) is 21.3 Å². The van der Waals surface area contributed by atoms with Gasteiger partial charge in [-0.05, 0) is 66.6 Å². The molecule has 0 aromatic heterocycles. The Morgan fingerprint density at radius 3 is 2.38 bits per heavy atom. The lowest BCUT2D eigenvalue weighted by Gasteiger charge is -2.43. The summed E-state index contributed by atoms with van der Waals surface area (Å²) in [5.74, 6) is 0.380. The van der Waals surface area contributed by atoms with Gasteiger partial charge < -0.3 is 19.3 Å². The average molecular weight is 532 g/mol. The van der Waals surface area contributed by atoms with E-state index in [0.717, 1.165) is 36.3 Å². The highest BCUT2D eigenvalue weighted by atomic mass is 16.5. The van der Waals surface area contributed by atoms with Crippen LogP contribution in [0.1, 0.15) is 41.5 Å². The quantitative estimate of drug-likeness (QED) is 0.284. The molecule has 0 aliphatic carbocycles. The van der Waals surface area contributed by atoms with E-state index < -0.39 is 5.54 Å². The average Bonchev–Trinajstić information content (AvgIpc) is 2.98. The molecule has 0 spiro atoms. The van der Waals surface area contributed by atoms with Crippen LogP contribution >= 0.6 is 0 Å². The van der Waals surface area contributed by atoms with Gasteiger partial charge in [0.15, 0.2) is 0 Å². The van der Waals surface area contributed by atoms with Crippen LogP contribution in [0.25, 0.3) is 23.3 Å². The third kappa shape index (κ3) is 7.15. The van der Waals surface area contributed by atoms with Gasteiger partial charge in [0.1, 0.15) is 11.3 Å². The Morgan fingerprint density at radius 2 is 1.72 bits per heavy atom. The summed E-state index contributed by atoms with van der Waals surface area (Å²) < 4.78 is 15.0. The molecule has 1 saturated heterocycles. The van der Waals surface area contributed by atoms with Crippen LogP contribution in [0.2, 0.25) is 0 Å². The number of benzene rings is 3. The molecule has 0 amide bonds. The van der Waals surface area contributed by atoms with Gasteiger partial charge in [-0.15, -0.1) is 0 Å². The van der Waals surface area contributed by atoms with E-state index in [4.69, 9.17) is 9.47 Å². The predicted octanol–water partition coefficient (Wildman–Crippen LogP) is 5.99. The van der Waals surface area contributed by atoms with Gasteiger partial charge in [-0.2, -0.15) is 0 Å². The highest BCUT2D eigenvalue weighted by Crippen LogP contribution is 2.33. The molecule has 4 rings (SSSR count). The van der Waals surface area contributed by atoms with Crippen molar-refractivity contribution in [3.8, 4) is 16.9 Å². The predicted molar refractivity (Wildman–Crippen MR) is 158 cm³/mol. The Kier molecular flexibility index (Phi) is 11.3. The van der Waals surface area contributed by atoms with Crippen molar-refractivity contribution in [2.75, 3.05) is 41.6 Å². The van der Waals surface area contributed by atoms with Gasteiger partial charge in [-0.3, -0.25) is 4.90 Å². The number of carbonyl (C=O) groups excluding carboxylic acids is 1. The zero-order valence-electron chi connectivity index (χ0n) is 23.8. The maximum absolute atomic E-state index is 12.6. The van der Waals surface area contributed by atoms with Gasteiger partial charge in [-0.25, -0.2) is 4.79 Å². The second kappa shape index (κ2) is 14.6. The largest absolute Gasteiger partial charge is 0.496 e. The number of rotatable bonds is 8. The first kappa shape index (κ1) is 30.1. The molecule has 1 aliphatic heterocycles. The molecular formula is C33H41NO5. The fraction of sp³-hybridized carbons (Fsp3) is 0.364. The van der Waals surface area contributed by atoms with E-state index in [1.165, 1.54) is 29.4 Å². The van der Waals surface area contributed by atoms with Gasteiger partial charge in [-0.1, -0.05) is 72.8 Å². The fourth-order valence-corrected chi connectivity index (χ4v) is 5.14. The standard InChI is InChI=1S/C31H35NO4.C2H6O/c1-23-25(12-9-13-28(23)26-10-5-4-6-11-26)16-14-24-15-17-27(29(20-24)35-2)21-32-19-8-7-18-31(32,22-33)30(34)36-3;1-3-2/h4-6,9-17,20,33H,7-8,18-19,21-22H2,1-3H3;1-2H3/b16-14+;. The zero-order chi connectivity index (χ0) is 28.3. The Balaban J connectivity index is 0.00000134. The molecule has 1 unspecified atom stereocenters. The summed E-state index contributed by atoms with van der Waals surface area (Å²) in [4.78, 5) is 14.7. The number of nitrogens with zero attached hydrogens (tertiary/aromatic N) is 1. The van der Waals surface area contributed by atoms with Crippen molar-refractivity contribution < 1.29 is 24.1 Å². The summed E-state index contributed by atoms with van der Waals surface area (Å²) in [6.45, 7) is 3.11. The topological polar surface area (TPSA) is 68.2 Å². The Morgan fingerprint density at radius 1 is 0.974 bits per heavy atom. The molecule has 6 heteroatoms. The lowest BCUT2D eigenvalue weighted by Crippen LogP contribution is -2.59. The molecule has 1 aliphatic rings. The lowest BCUT2D eigenvalue weighted by molar-refractivity contribution is -0.162. The lowest BCUT2D eigenvalue weighted by atomic mass is 9.86. The molecule has 1 N–H and O–H groups in total. The first-order chi connectivity index (χ1) is 18.9. The highest BCUT2D eigenvalue weighted by Gasteiger charge is 2.46. The normalized spacial score (nSPS) is 17.4. The third-order valence-electron chi connectivity index (χ3n) is 7.29. The number of piperidine rings is 1. The molecule has 1 fully saturated rings. The number of aliphatic hydroxyl groups is 1. The number of hydrogen-bond donors (Lipinski definition) is 1. The minimum absolute atomic E-state index is 0.260. The number of esters is 1. The maximum atomic E-state index is 12.6. The van der Waals surface area contributed by atoms with Crippen LogP contribution in [-0.4, -0.2) is 63.1 Å². The van der Waals surface area contributed by atoms with Crippen LogP contribution in [0.4, 0.5) is 0 Å². The number of carbonyl (C=O) groups is 1. The van der Waals surface area contributed by atoms with Crippen LogP contribution in [0.3, 0.4) is 0 Å². The molecule has 1 atom stereocenters. The molecule has 0 radical (unpaired) electrons. The first-order valence-corrected chi connectivity index (χ1v) is 13.3. The van der Waals surface area contributed by atoms with Gasteiger partial charge >= 0.3 is 5.97 Å². The van der Waals surface area contributed by atoms with Crippen molar-refractivity contribution in [2.45, 2.75) is 38.3 Å². The monoisotopic (exact) mass is 531 g/mol. The number of hydrogen-bond acceptors (Lipinski definition) is 6. The van der Waals surface area contributed by atoms with Crippen LogP contribution in [0.15, 0.2) is 66.7 Å². The van der Waals surface area contributed by atoms with Gasteiger partial charge in [0.05, 0.1) is 20.8 Å². The molecule has 3 aromatic rings. The third-order valence-corrected chi connectivity index (χ3v) is 7.29. The van der Waals surface area contributed by atoms with E-state index in [1.807, 2.05) is 23.1 Å². The summed E-state index contributed by atoms with van der Waals surface area (Å²) in [6, 6.07) is 22.9. The smallest absolute Gasteiger partial charge is 0.328 e. The minimum Gasteiger partial charge on any atom is -0.496 e. The van der Waals surface area contributed by atoms with Crippen LogP contribution in [0.5, 0.6) is 5.75 Å². The Labute approximate surface area is 232 Å². The Bertz CT molecular complexity index is 1240. The van der Waals surface area contributed by atoms with Crippen molar-refractivity contribution in [1.82, 2.24) is 4.90 Å². The van der Waals surface area contributed by atoms with E-state index in [2.05, 4.69) is 72.3 Å². The van der Waals surface area contributed by atoms with Crippen molar-refractivity contribution in [3.63, 3.8) is 0 Å². The highest BCUT2D eigenvalue weighted by molar-refractivity contribution is 5.81. The fourth-order valence-electron chi connectivity index (χ4n) is 5.14. The van der Waals surface area contributed by atoms with E-state index in [-0.39, 0.29) is 12.6 Å². The zero-order valence-corrected chi connectivity index (χ0v) is 23.8. The molecule has 0 bridgehead atoms. The molecular weight excluding hydrogens is 490 g/mol. The SMILES string of the molecule is COC.COC(=O)C1(CO)CCCCN1Cc1ccc(/C=C/c2cccc(-c3ccccc3)c2C)cc1OC. The van der Waals surface area contributed by atoms with Gasteiger partial charge in [0, 0.05) is 26.3 Å². The number of likely N-dealkylation sites (tertiary alicyclic amines) is 1. The summed E-state index contributed by atoms with van der Waals surface area (Å²) in [7, 11) is 6.29. The van der Waals surface area contributed by atoms with Crippen LogP contribution < -0.4 is 4.74 Å². The van der Waals surface area contributed by atoms with Crippen LogP contribution in [-0.2, 0) is 20.8 Å².